The van der Waals surface area contributed by atoms with E-state index in [1.165, 1.54) is 23.1 Å². The highest BCUT2D eigenvalue weighted by molar-refractivity contribution is 8.02. The van der Waals surface area contributed by atoms with Gasteiger partial charge in [-0.3, -0.25) is 9.59 Å². The fraction of sp³-hybridized carbons (Fsp3) is 0.353. The number of aromatic nitrogens is 1. The molecule has 0 radical (unpaired) electrons. The van der Waals surface area contributed by atoms with Crippen LogP contribution in [0, 0.1) is 6.92 Å². The number of thiazole rings is 1. The molecular formula is C17H20N2O3S2. The minimum absolute atomic E-state index is 0.0778. The number of benzene rings is 1. The Morgan fingerprint density at radius 1 is 1.33 bits per heavy atom. The first-order valence-electron chi connectivity index (χ1n) is 7.62. The minimum Gasteiger partial charge on any atom is -0.466 e. The summed E-state index contributed by atoms with van der Waals surface area (Å²) >= 11 is 2.81. The van der Waals surface area contributed by atoms with Gasteiger partial charge in [-0.15, -0.1) is 11.3 Å². The molecule has 5 nitrogen and oxygen atoms in total. The molecule has 1 aromatic carbocycles. The summed E-state index contributed by atoms with van der Waals surface area (Å²) in [6, 6.07) is 7.67. The molecule has 0 unspecified atom stereocenters. The molecule has 1 N–H and O–H groups in total. The Balaban J connectivity index is 1.88. The number of hydrogen-bond acceptors (Lipinski definition) is 6. The highest BCUT2D eigenvalue weighted by Crippen LogP contribution is 2.27. The molecule has 0 fully saturated rings. The summed E-state index contributed by atoms with van der Waals surface area (Å²) in [4.78, 5) is 28.1. The zero-order valence-electron chi connectivity index (χ0n) is 13.9. The van der Waals surface area contributed by atoms with Gasteiger partial charge in [0.05, 0.1) is 24.0 Å². The first kappa shape index (κ1) is 18.5. The standard InChI is InChI=1S/C17H20N2O3S2/c1-4-22-15(20)9-14-10-23-17(19-14)24-12(3)16(21)18-13-7-5-11(2)6-8-13/h5-8,10,12H,4,9H2,1-3H3,(H,18,21)/t12-/m1/s1. The van der Waals surface area contributed by atoms with Gasteiger partial charge in [0.2, 0.25) is 5.91 Å². The third-order valence-electron chi connectivity index (χ3n) is 3.13. The van der Waals surface area contributed by atoms with E-state index in [0.717, 1.165) is 15.6 Å². The molecule has 0 aliphatic carbocycles. The maximum atomic E-state index is 12.2. The van der Waals surface area contributed by atoms with Crippen LogP contribution in [-0.2, 0) is 20.7 Å². The summed E-state index contributed by atoms with van der Waals surface area (Å²) in [6.45, 7) is 5.97. The fourth-order valence-corrected chi connectivity index (χ4v) is 3.85. The van der Waals surface area contributed by atoms with E-state index < -0.39 is 0 Å². The first-order valence-corrected chi connectivity index (χ1v) is 9.38. The molecule has 0 saturated carbocycles. The number of thioether (sulfide) groups is 1. The second-order valence-electron chi connectivity index (χ2n) is 5.20. The lowest BCUT2D eigenvalue weighted by Gasteiger charge is -2.10. The lowest BCUT2D eigenvalue weighted by atomic mass is 10.2. The SMILES string of the molecule is CCOC(=O)Cc1csc(S[C@H](C)C(=O)Nc2ccc(C)cc2)n1. The number of nitrogens with one attached hydrogen (secondary N) is 1. The van der Waals surface area contributed by atoms with Crippen LogP contribution in [0.3, 0.4) is 0 Å². The predicted octanol–water partition coefficient (Wildman–Crippen LogP) is 3.68. The molecule has 2 rings (SSSR count). The minimum atomic E-state index is -0.287. The van der Waals surface area contributed by atoms with Crippen LogP contribution in [0.2, 0.25) is 0 Å². The number of nitrogens with zero attached hydrogens (tertiary/aromatic N) is 1. The summed E-state index contributed by atoms with van der Waals surface area (Å²) in [5, 5.41) is 4.43. The topological polar surface area (TPSA) is 68.3 Å². The molecule has 1 aromatic heterocycles. The van der Waals surface area contributed by atoms with E-state index in [4.69, 9.17) is 4.74 Å². The van der Waals surface area contributed by atoms with E-state index >= 15 is 0 Å². The Hall–Kier alpha value is -1.86. The Bertz CT molecular complexity index is 698. The van der Waals surface area contributed by atoms with Crippen LogP contribution in [0.4, 0.5) is 5.69 Å². The molecule has 0 spiro atoms. The molecule has 1 amide bonds. The van der Waals surface area contributed by atoms with Crippen molar-refractivity contribution in [3.05, 3.63) is 40.9 Å². The van der Waals surface area contributed by atoms with Gasteiger partial charge in [0.25, 0.3) is 0 Å². The Morgan fingerprint density at radius 2 is 2.04 bits per heavy atom. The number of aryl methyl sites for hydroxylation is 1. The van der Waals surface area contributed by atoms with E-state index in [0.29, 0.717) is 12.3 Å². The Morgan fingerprint density at radius 3 is 2.71 bits per heavy atom. The number of hydrogen-bond donors (Lipinski definition) is 1. The van der Waals surface area contributed by atoms with Gasteiger partial charge in [-0.25, -0.2) is 4.98 Å². The number of amides is 1. The molecular weight excluding hydrogens is 344 g/mol. The average Bonchev–Trinajstić information content (AvgIpc) is 2.96. The largest absolute Gasteiger partial charge is 0.466 e. The summed E-state index contributed by atoms with van der Waals surface area (Å²) in [5.41, 5.74) is 2.60. The van der Waals surface area contributed by atoms with Gasteiger partial charge < -0.3 is 10.1 Å². The number of esters is 1. The van der Waals surface area contributed by atoms with Gasteiger partial charge in [0.1, 0.15) is 0 Å². The lowest BCUT2D eigenvalue weighted by Crippen LogP contribution is -2.22. The normalized spacial score (nSPS) is 11.8. The second kappa shape index (κ2) is 8.84. The Labute approximate surface area is 149 Å². The second-order valence-corrected chi connectivity index (χ2v) is 7.65. The number of anilines is 1. The van der Waals surface area contributed by atoms with Crippen molar-refractivity contribution in [2.24, 2.45) is 0 Å². The van der Waals surface area contributed by atoms with E-state index in [9.17, 15) is 9.59 Å². The van der Waals surface area contributed by atoms with Gasteiger partial charge in [-0.1, -0.05) is 29.5 Å². The van der Waals surface area contributed by atoms with Gasteiger partial charge in [0, 0.05) is 11.1 Å². The maximum Gasteiger partial charge on any atom is 0.311 e. The lowest BCUT2D eigenvalue weighted by molar-refractivity contribution is -0.142. The van der Waals surface area contributed by atoms with Crippen LogP contribution in [0.15, 0.2) is 34.0 Å². The van der Waals surface area contributed by atoms with Gasteiger partial charge in [-0.2, -0.15) is 0 Å². The van der Waals surface area contributed by atoms with E-state index in [1.807, 2.05) is 43.5 Å². The van der Waals surface area contributed by atoms with E-state index in [1.54, 1.807) is 6.92 Å². The zero-order valence-corrected chi connectivity index (χ0v) is 15.5. The predicted molar refractivity (Wildman–Crippen MR) is 97.6 cm³/mol. The number of ether oxygens (including phenoxy) is 1. The van der Waals surface area contributed by atoms with Gasteiger partial charge in [-0.05, 0) is 32.9 Å². The van der Waals surface area contributed by atoms with Crippen molar-refractivity contribution >= 4 is 40.7 Å². The van der Waals surface area contributed by atoms with E-state index in [2.05, 4.69) is 10.3 Å². The highest BCUT2D eigenvalue weighted by atomic mass is 32.2. The molecule has 0 aliphatic heterocycles. The number of carbonyl (C=O) groups is 2. The van der Waals surface area contributed by atoms with Crippen molar-refractivity contribution in [1.82, 2.24) is 4.98 Å². The third-order valence-corrected chi connectivity index (χ3v) is 5.25. The molecule has 128 valence electrons. The van der Waals surface area contributed by atoms with E-state index in [-0.39, 0.29) is 23.5 Å². The van der Waals surface area contributed by atoms with Crippen LogP contribution in [0.1, 0.15) is 25.1 Å². The van der Waals surface area contributed by atoms with Crippen LogP contribution < -0.4 is 5.32 Å². The van der Waals surface area contributed by atoms with Crippen molar-refractivity contribution in [3.63, 3.8) is 0 Å². The van der Waals surface area contributed by atoms with Crippen LogP contribution in [-0.4, -0.2) is 28.7 Å². The zero-order chi connectivity index (χ0) is 17.5. The molecule has 0 saturated heterocycles. The molecule has 0 bridgehead atoms. The van der Waals surface area contributed by atoms with Crippen LogP contribution >= 0.6 is 23.1 Å². The van der Waals surface area contributed by atoms with Crippen molar-refractivity contribution in [3.8, 4) is 0 Å². The van der Waals surface area contributed by atoms with Gasteiger partial charge >= 0.3 is 5.97 Å². The first-order chi connectivity index (χ1) is 11.5. The van der Waals surface area contributed by atoms with Crippen LogP contribution in [0.5, 0.6) is 0 Å². The third kappa shape index (κ3) is 5.65. The quantitative estimate of drug-likeness (QED) is 0.600. The summed E-state index contributed by atoms with van der Waals surface area (Å²) < 4.78 is 5.67. The highest BCUT2D eigenvalue weighted by Gasteiger charge is 2.17. The van der Waals surface area contributed by atoms with Gasteiger partial charge in [0.15, 0.2) is 4.34 Å². The maximum absolute atomic E-state index is 12.2. The number of carbonyl (C=O) groups excluding carboxylic acids is 2. The Kier molecular flexibility index (Phi) is 6.81. The molecule has 7 heteroatoms. The summed E-state index contributed by atoms with van der Waals surface area (Å²) in [6.07, 6.45) is 0.162. The molecule has 2 aromatic rings. The average molecular weight is 364 g/mol. The summed E-state index contributed by atoms with van der Waals surface area (Å²) in [7, 11) is 0. The molecule has 1 heterocycles. The van der Waals surface area contributed by atoms with Crippen molar-refractivity contribution in [1.29, 1.82) is 0 Å². The smallest absolute Gasteiger partial charge is 0.311 e. The molecule has 1 atom stereocenters. The van der Waals surface area contributed by atoms with Crippen molar-refractivity contribution < 1.29 is 14.3 Å². The van der Waals surface area contributed by atoms with Crippen molar-refractivity contribution in [2.75, 3.05) is 11.9 Å². The van der Waals surface area contributed by atoms with Crippen LogP contribution in [0.25, 0.3) is 0 Å². The fourth-order valence-electron chi connectivity index (χ4n) is 1.87. The van der Waals surface area contributed by atoms with Crippen molar-refractivity contribution in [2.45, 2.75) is 36.8 Å². The molecule has 24 heavy (non-hydrogen) atoms. The monoisotopic (exact) mass is 364 g/mol. The number of rotatable bonds is 7. The molecule has 0 aliphatic rings. The summed E-state index contributed by atoms with van der Waals surface area (Å²) in [5.74, 6) is -0.365.